The summed E-state index contributed by atoms with van der Waals surface area (Å²) in [6.45, 7) is 0. The number of nitrogens with one attached hydrogen (secondary N) is 2. The third-order valence-electron chi connectivity index (χ3n) is 3.71. The molecule has 0 unspecified atom stereocenters. The zero-order valence-corrected chi connectivity index (χ0v) is 14.1. The molecule has 3 atom stereocenters. The second kappa shape index (κ2) is 8.58. The van der Waals surface area contributed by atoms with E-state index in [1.807, 2.05) is 6.07 Å². The molecular weight excluding hydrogens is 332 g/mol. The SMILES string of the molecule is COC(=O)[C@@H](CC[S@@](=O)c1ccccc1)NC(=O)[C@H]1CCC(=O)N1. The Bertz CT molecular complexity index is 635. The number of methoxy groups -OCH3 is 1. The average Bonchev–Trinajstić information content (AvgIpc) is 3.04. The number of hydrogen-bond acceptors (Lipinski definition) is 5. The first-order chi connectivity index (χ1) is 11.5. The van der Waals surface area contributed by atoms with Crippen molar-refractivity contribution in [3.8, 4) is 0 Å². The summed E-state index contributed by atoms with van der Waals surface area (Å²) in [5.74, 6) is -1.00. The van der Waals surface area contributed by atoms with Crippen LogP contribution >= 0.6 is 0 Å². The van der Waals surface area contributed by atoms with E-state index < -0.39 is 34.8 Å². The molecule has 130 valence electrons. The van der Waals surface area contributed by atoms with Crippen LogP contribution in [0, 0.1) is 0 Å². The van der Waals surface area contributed by atoms with Gasteiger partial charge in [-0.25, -0.2) is 4.79 Å². The number of ether oxygens (including phenoxy) is 1. The van der Waals surface area contributed by atoms with E-state index in [4.69, 9.17) is 4.74 Å². The van der Waals surface area contributed by atoms with Crippen LogP contribution < -0.4 is 10.6 Å². The predicted octanol–water partition coefficient (Wildman–Crippen LogP) is 0.121. The molecular formula is C16H20N2O5S. The molecule has 0 spiro atoms. The highest BCUT2D eigenvalue weighted by atomic mass is 32.2. The first-order valence-electron chi connectivity index (χ1n) is 7.62. The van der Waals surface area contributed by atoms with Crippen LogP contribution in [0.1, 0.15) is 19.3 Å². The van der Waals surface area contributed by atoms with Crippen molar-refractivity contribution in [3.05, 3.63) is 30.3 Å². The summed E-state index contributed by atoms with van der Waals surface area (Å²) in [5, 5.41) is 5.12. The van der Waals surface area contributed by atoms with Gasteiger partial charge in [0.2, 0.25) is 11.8 Å². The van der Waals surface area contributed by atoms with E-state index in [9.17, 15) is 18.6 Å². The van der Waals surface area contributed by atoms with Gasteiger partial charge in [0, 0.05) is 17.1 Å². The zero-order valence-electron chi connectivity index (χ0n) is 13.3. The molecule has 7 nitrogen and oxygen atoms in total. The molecule has 0 saturated carbocycles. The lowest BCUT2D eigenvalue weighted by Gasteiger charge is -2.18. The van der Waals surface area contributed by atoms with Gasteiger partial charge < -0.3 is 15.4 Å². The van der Waals surface area contributed by atoms with Gasteiger partial charge in [0.25, 0.3) is 0 Å². The van der Waals surface area contributed by atoms with Crippen molar-refractivity contribution < 1.29 is 23.3 Å². The molecule has 2 amide bonds. The highest BCUT2D eigenvalue weighted by molar-refractivity contribution is 7.85. The molecule has 0 radical (unpaired) electrons. The van der Waals surface area contributed by atoms with E-state index in [0.29, 0.717) is 17.7 Å². The molecule has 1 saturated heterocycles. The lowest BCUT2D eigenvalue weighted by molar-refractivity contribution is -0.145. The molecule has 0 bridgehead atoms. The summed E-state index contributed by atoms with van der Waals surface area (Å²) in [5.41, 5.74) is 0. The number of benzene rings is 1. The van der Waals surface area contributed by atoms with Crippen LogP contribution in [0.25, 0.3) is 0 Å². The maximum atomic E-state index is 12.2. The van der Waals surface area contributed by atoms with E-state index >= 15 is 0 Å². The summed E-state index contributed by atoms with van der Waals surface area (Å²) in [4.78, 5) is 35.8. The van der Waals surface area contributed by atoms with Crippen LogP contribution in [0.15, 0.2) is 35.2 Å². The quantitative estimate of drug-likeness (QED) is 0.679. The van der Waals surface area contributed by atoms with Gasteiger partial charge in [-0.3, -0.25) is 13.8 Å². The van der Waals surface area contributed by atoms with Crippen molar-refractivity contribution in [1.29, 1.82) is 0 Å². The fraction of sp³-hybridized carbons (Fsp3) is 0.438. The Morgan fingerprint density at radius 1 is 1.38 bits per heavy atom. The summed E-state index contributed by atoms with van der Waals surface area (Å²) < 4.78 is 16.9. The van der Waals surface area contributed by atoms with E-state index in [0.717, 1.165) is 0 Å². The summed E-state index contributed by atoms with van der Waals surface area (Å²) in [6, 6.07) is 7.36. The minimum absolute atomic E-state index is 0.181. The topological polar surface area (TPSA) is 102 Å². The van der Waals surface area contributed by atoms with Crippen LogP contribution in [0.4, 0.5) is 0 Å². The number of carbonyl (C=O) groups excluding carboxylic acids is 3. The van der Waals surface area contributed by atoms with Gasteiger partial charge in [-0.2, -0.15) is 0 Å². The zero-order chi connectivity index (χ0) is 17.5. The molecule has 1 heterocycles. The van der Waals surface area contributed by atoms with Crippen molar-refractivity contribution in [2.75, 3.05) is 12.9 Å². The fourth-order valence-corrected chi connectivity index (χ4v) is 3.54. The second-order valence-corrected chi connectivity index (χ2v) is 6.97. The largest absolute Gasteiger partial charge is 0.467 e. The van der Waals surface area contributed by atoms with Gasteiger partial charge in [0.15, 0.2) is 0 Å². The Labute approximate surface area is 142 Å². The molecule has 2 rings (SSSR count). The van der Waals surface area contributed by atoms with Crippen LogP contribution in [0.2, 0.25) is 0 Å². The van der Waals surface area contributed by atoms with Crippen LogP contribution in [-0.2, 0) is 29.9 Å². The lowest BCUT2D eigenvalue weighted by atomic mass is 10.1. The lowest BCUT2D eigenvalue weighted by Crippen LogP contribution is -2.49. The van der Waals surface area contributed by atoms with Crippen molar-refractivity contribution in [1.82, 2.24) is 10.6 Å². The minimum Gasteiger partial charge on any atom is -0.467 e. The summed E-state index contributed by atoms with van der Waals surface area (Å²) >= 11 is 0. The molecule has 24 heavy (non-hydrogen) atoms. The molecule has 1 aliphatic heterocycles. The van der Waals surface area contributed by atoms with Gasteiger partial charge >= 0.3 is 5.97 Å². The molecule has 1 aromatic carbocycles. The predicted molar refractivity (Wildman–Crippen MR) is 87.4 cm³/mol. The van der Waals surface area contributed by atoms with Crippen LogP contribution in [0.3, 0.4) is 0 Å². The minimum atomic E-state index is -1.27. The summed E-state index contributed by atoms with van der Waals surface area (Å²) in [7, 11) is -0.0447. The van der Waals surface area contributed by atoms with Crippen molar-refractivity contribution >= 4 is 28.6 Å². The maximum Gasteiger partial charge on any atom is 0.328 e. The van der Waals surface area contributed by atoms with Crippen LogP contribution in [-0.4, -0.2) is 46.9 Å². The number of amides is 2. The van der Waals surface area contributed by atoms with Gasteiger partial charge in [-0.05, 0) is 25.0 Å². The smallest absolute Gasteiger partial charge is 0.328 e. The Morgan fingerprint density at radius 3 is 2.67 bits per heavy atom. The van der Waals surface area contributed by atoms with Gasteiger partial charge in [0.1, 0.15) is 12.1 Å². The Balaban J connectivity index is 1.93. The van der Waals surface area contributed by atoms with E-state index in [-0.39, 0.29) is 18.1 Å². The monoisotopic (exact) mass is 352 g/mol. The molecule has 1 aliphatic rings. The Morgan fingerprint density at radius 2 is 2.08 bits per heavy atom. The van der Waals surface area contributed by atoms with Gasteiger partial charge in [-0.15, -0.1) is 0 Å². The van der Waals surface area contributed by atoms with Crippen molar-refractivity contribution in [2.24, 2.45) is 0 Å². The van der Waals surface area contributed by atoms with Gasteiger partial charge in [-0.1, -0.05) is 18.2 Å². The number of rotatable bonds is 7. The van der Waals surface area contributed by atoms with Crippen molar-refractivity contribution in [2.45, 2.75) is 36.2 Å². The molecule has 1 aromatic rings. The van der Waals surface area contributed by atoms with E-state index in [1.165, 1.54) is 7.11 Å². The molecule has 0 aliphatic carbocycles. The van der Waals surface area contributed by atoms with Gasteiger partial charge in [0.05, 0.1) is 17.9 Å². The first-order valence-corrected chi connectivity index (χ1v) is 8.94. The average molecular weight is 352 g/mol. The fourth-order valence-electron chi connectivity index (χ4n) is 2.39. The number of hydrogen-bond donors (Lipinski definition) is 2. The van der Waals surface area contributed by atoms with Crippen LogP contribution in [0.5, 0.6) is 0 Å². The highest BCUT2D eigenvalue weighted by Crippen LogP contribution is 2.10. The third-order valence-corrected chi connectivity index (χ3v) is 5.12. The van der Waals surface area contributed by atoms with E-state index in [2.05, 4.69) is 10.6 Å². The third kappa shape index (κ3) is 4.89. The molecule has 1 fully saturated rings. The first kappa shape index (κ1) is 18.1. The Kier molecular flexibility index (Phi) is 6.48. The number of esters is 1. The molecule has 0 aromatic heterocycles. The maximum absolute atomic E-state index is 12.2. The molecule has 8 heteroatoms. The number of carbonyl (C=O) groups is 3. The normalized spacial score (nSPS) is 19.2. The van der Waals surface area contributed by atoms with Crippen molar-refractivity contribution in [3.63, 3.8) is 0 Å². The second-order valence-electron chi connectivity index (χ2n) is 5.39. The standard InChI is InChI=1S/C16H20N2O5S/c1-23-16(21)13(18-15(20)12-7-8-14(19)17-12)9-10-24(22)11-5-3-2-4-6-11/h2-6,12-13H,7-10H2,1H3,(H,17,19)(H,18,20)/t12-,13-,24-/m1/s1. The highest BCUT2D eigenvalue weighted by Gasteiger charge is 2.30. The molecule has 2 N–H and O–H groups in total. The summed E-state index contributed by atoms with van der Waals surface area (Å²) in [6.07, 6.45) is 0.869. The van der Waals surface area contributed by atoms with E-state index in [1.54, 1.807) is 24.3 Å². The Hall–Kier alpha value is -2.22.